The summed E-state index contributed by atoms with van der Waals surface area (Å²) in [5.41, 5.74) is 2.18. The van der Waals surface area contributed by atoms with Crippen LogP contribution in [0.1, 0.15) is 45.2 Å². The van der Waals surface area contributed by atoms with Crippen LogP contribution in [-0.4, -0.2) is 12.7 Å². The van der Waals surface area contributed by atoms with Gasteiger partial charge in [0.25, 0.3) is 0 Å². The molecule has 1 aliphatic rings. The lowest BCUT2D eigenvalue weighted by Crippen LogP contribution is -2.25. The summed E-state index contributed by atoms with van der Waals surface area (Å²) in [7, 11) is 0. The van der Waals surface area contributed by atoms with Crippen molar-refractivity contribution in [2.24, 2.45) is 11.8 Å². The third kappa shape index (κ3) is 5.32. The van der Waals surface area contributed by atoms with E-state index >= 15 is 0 Å². The minimum absolute atomic E-state index is 0.189. The van der Waals surface area contributed by atoms with Crippen molar-refractivity contribution in [3.05, 3.63) is 52.5 Å². The minimum atomic E-state index is 0.189. The quantitative estimate of drug-likeness (QED) is 0.530. The maximum absolute atomic E-state index is 6.47. The lowest BCUT2D eigenvalue weighted by molar-refractivity contribution is 0.127. The number of ether oxygens (including phenoxy) is 3. The van der Waals surface area contributed by atoms with Crippen LogP contribution in [0.15, 0.2) is 36.4 Å². The highest BCUT2D eigenvalue weighted by molar-refractivity contribution is 6.31. The first-order valence-electron chi connectivity index (χ1n) is 9.76. The van der Waals surface area contributed by atoms with E-state index in [1.54, 1.807) is 0 Å². The maximum Gasteiger partial charge on any atom is 0.126 e. The van der Waals surface area contributed by atoms with Gasteiger partial charge in [-0.1, -0.05) is 51.4 Å². The molecular weight excluding hydrogens is 360 g/mol. The summed E-state index contributed by atoms with van der Waals surface area (Å²) in [6.07, 6.45) is 2.19. The second-order valence-electron chi connectivity index (χ2n) is 7.94. The lowest BCUT2D eigenvalue weighted by Gasteiger charge is -2.24. The first kappa shape index (κ1) is 19.9. The van der Waals surface area contributed by atoms with E-state index < -0.39 is 0 Å². The normalized spacial score (nSPS) is 14.2. The summed E-state index contributed by atoms with van der Waals surface area (Å²) in [5, 5.41) is 0.664. The predicted molar refractivity (Wildman–Crippen MR) is 110 cm³/mol. The highest BCUT2D eigenvalue weighted by Gasteiger charge is 2.18. The van der Waals surface area contributed by atoms with Gasteiger partial charge < -0.3 is 14.2 Å². The Morgan fingerprint density at radius 2 is 1.81 bits per heavy atom. The highest BCUT2D eigenvalue weighted by atomic mass is 35.5. The Morgan fingerprint density at radius 3 is 2.52 bits per heavy atom. The zero-order valence-corrected chi connectivity index (χ0v) is 17.4. The Kier molecular flexibility index (Phi) is 6.54. The number of rotatable bonds is 8. The SMILES string of the molecule is CC(C)CC(Oc1ccc(COc2ccc3c(c2)OCC3)c(Cl)c1)C(C)C. The van der Waals surface area contributed by atoms with Gasteiger partial charge in [-0.3, -0.25) is 0 Å². The third-order valence-electron chi connectivity index (χ3n) is 4.82. The van der Waals surface area contributed by atoms with Crippen LogP contribution in [0.4, 0.5) is 0 Å². The Labute approximate surface area is 167 Å². The summed E-state index contributed by atoms with van der Waals surface area (Å²) < 4.78 is 17.7. The van der Waals surface area contributed by atoms with Crippen LogP contribution in [-0.2, 0) is 13.0 Å². The van der Waals surface area contributed by atoms with E-state index in [4.69, 9.17) is 25.8 Å². The lowest BCUT2D eigenvalue weighted by atomic mass is 9.97. The molecular formula is C23H29ClO3. The van der Waals surface area contributed by atoms with Gasteiger partial charge >= 0.3 is 0 Å². The van der Waals surface area contributed by atoms with E-state index in [0.717, 1.165) is 42.3 Å². The molecule has 0 radical (unpaired) electrons. The van der Waals surface area contributed by atoms with Crippen LogP contribution in [0, 0.1) is 11.8 Å². The number of benzene rings is 2. The minimum Gasteiger partial charge on any atom is -0.493 e. The van der Waals surface area contributed by atoms with Crippen molar-refractivity contribution in [3.63, 3.8) is 0 Å². The number of hydrogen-bond acceptors (Lipinski definition) is 3. The molecule has 0 aromatic heterocycles. The number of hydrogen-bond donors (Lipinski definition) is 0. The molecule has 4 heteroatoms. The van der Waals surface area contributed by atoms with Crippen molar-refractivity contribution < 1.29 is 14.2 Å². The molecule has 2 aromatic carbocycles. The molecule has 3 rings (SSSR count). The monoisotopic (exact) mass is 388 g/mol. The molecule has 27 heavy (non-hydrogen) atoms. The van der Waals surface area contributed by atoms with E-state index in [1.807, 2.05) is 30.3 Å². The van der Waals surface area contributed by atoms with Gasteiger partial charge in [0, 0.05) is 18.1 Å². The van der Waals surface area contributed by atoms with Gasteiger partial charge in [0.2, 0.25) is 0 Å². The summed E-state index contributed by atoms with van der Waals surface area (Å²) in [6, 6.07) is 11.9. The van der Waals surface area contributed by atoms with E-state index in [2.05, 4.69) is 33.8 Å². The van der Waals surface area contributed by atoms with Crippen LogP contribution < -0.4 is 14.2 Å². The molecule has 0 spiro atoms. The number of halogens is 1. The fraction of sp³-hybridized carbons (Fsp3) is 0.478. The van der Waals surface area contributed by atoms with Crippen molar-refractivity contribution in [2.75, 3.05) is 6.61 Å². The van der Waals surface area contributed by atoms with Gasteiger partial charge in [0.1, 0.15) is 30.0 Å². The van der Waals surface area contributed by atoms with Gasteiger partial charge in [-0.05, 0) is 42.0 Å². The third-order valence-corrected chi connectivity index (χ3v) is 5.17. The zero-order valence-electron chi connectivity index (χ0n) is 16.6. The fourth-order valence-corrected chi connectivity index (χ4v) is 3.44. The summed E-state index contributed by atoms with van der Waals surface area (Å²) in [4.78, 5) is 0. The topological polar surface area (TPSA) is 27.7 Å². The molecule has 3 nitrogen and oxygen atoms in total. The molecule has 1 unspecified atom stereocenters. The predicted octanol–water partition coefficient (Wildman–Crippen LogP) is 6.30. The summed E-state index contributed by atoms with van der Waals surface area (Å²) >= 11 is 6.47. The van der Waals surface area contributed by atoms with Crippen LogP contribution in [0.5, 0.6) is 17.2 Å². The van der Waals surface area contributed by atoms with Crippen molar-refractivity contribution in [1.82, 2.24) is 0 Å². The van der Waals surface area contributed by atoms with Crippen LogP contribution in [0.25, 0.3) is 0 Å². The Bertz CT molecular complexity index is 770. The fourth-order valence-electron chi connectivity index (χ4n) is 3.21. The van der Waals surface area contributed by atoms with Gasteiger partial charge in [-0.2, -0.15) is 0 Å². The molecule has 0 amide bonds. The Hall–Kier alpha value is -1.87. The van der Waals surface area contributed by atoms with Crippen LogP contribution >= 0.6 is 11.6 Å². The first-order valence-corrected chi connectivity index (χ1v) is 10.1. The maximum atomic E-state index is 6.47. The molecule has 0 bridgehead atoms. The smallest absolute Gasteiger partial charge is 0.126 e. The molecule has 0 fully saturated rings. The average Bonchev–Trinajstić information content (AvgIpc) is 3.07. The Balaban J connectivity index is 1.62. The van der Waals surface area contributed by atoms with Crippen molar-refractivity contribution in [2.45, 2.75) is 53.2 Å². The second kappa shape index (κ2) is 8.88. The molecule has 1 heterocycles. The van der Waals surface area contributed by atoms with E-state index in [0.29, 0.717) is 23.5 Å². The first-order chi connectivity index (χ1) is 12.9. The summed E-state index contributed by atoms with van der Waals surface area (Å²) in [6.45, 7) is 9.98. The largest absolute Gasteiger partial charge is 0.493 e. The summed E-state index contributed by atoms with van der Waals surface area (Å²) in [5.74, 6) is 3.58. The van der Waals surface area contributed by atoms with Gasteiger partial charge in [-0.15, -0.1) is 0 Å². The molecule has 0 saturated carbocycles. The van der Waals surface area contributed by atoms with Crippen molar-refractivity contribution in [3.8, 4) is 17.2 Å². The Morgan fingerprint density at radius 1 is 1.04 bits per heavy atom. The second-order valence-corrected chi connectivity index (χ2v) is 8.35. The zero-order chi connectivity index (χ0) is 19.4. The number of fused-ring (bicyclic) bond motifs is 1. The molecule has 1 atom stereocenters. The van der Waals surface area contributed by atoms with Gasteiger partial charge in [0.05, 0.1) is 11.6 Å². The highest BCUT2D eigenvalue weighted by Crippen LogP contribution is 2.31. The molecule has 2 aromatic rings. The van der Waals surface area contributed by atoms with Crippen LogP contribution in [0.2, 0.25) is 5.02 Å². The molecule has 0 N–H and O–H groups in total. The van der Waals surface area contributed by atoms with Gasteiger partial charge in [-0.25, -0.2) is 0 Å². The molecule has 0 aliphatic carbocycles. The van der Waals surface area contributed by atoms with E-state index in [9.17, 15) is 0 Å². The van der Waals surface area contributed by atoms with E-state index in [1.165, 1.54) is 5.56 Å². The van der Waals surface area contributed by atoms with Crippen LogP contribution in [0.3, 0.4) is 0 Å². The standard InChI is InChI=1S/C23H29ClO3/c1-15(2)11-22(16(3)4)27-20-8-6-18(21(24)12-20)14-26-19-7-5-17-9-10-25-23(17)13-19/h5-8,12-13,15-16,22H,9-11,14H2,1-4H3. The van der Waals surface area contributed by atoms with Crippen molar-refractivity contribution in [1.29, 1.82) is 0 Å². The molecule has 0 saturated heterocycles. The van der Waals surface area contributed by atoms with Gasteiger partial charge in [0.15, 0.2) is 0 Å². The van der Waals surface area contributed by atoms with E-state index in [-0.39, 0.29) is 6.10 Å². The average molecular weight is 389 g/mol. The molecule has 146 valence electrons. The van der Waals surface area contributed by atoms with Crippen molar-refractivity contribution >= 4 is 11.6 Å². The molecule has 1 aliphatic heterocycles.